The van der Waals surface area contributed by atoms with E-state index >= 15 is 0 Å². The van der Waals surface area contributed by atoms with Crippen molar-refractivity contribution in [2.24, 2.45) is 0 Å². The third-order valence-electron chi connectivity index (χ3n) is 4.60. The molecule has 4 rings (SSSR count). The maximum absolute atomic E-state index is 4.89. The van der Waals surface area contributed by atoms with Crippen molar-refractivity contribution in [1.29, 1.82) is 0 Å². The quantitative estimate of drug-likeness (QED) is 0.518. The Morgan fingerprint density at radius 2 is 1.09 bits per heavy atom. The zero-order chi connectivity index (χ0) is 16.1. The summed E-state index contributed by atoms with van der Waals surface area (Å²) in [5.41, 5.74) is 5.81. The molecule has 0 radical (unpaired) electrons. The SMILES string of the molecule is C1=CC(CCC2C=Cc3ccccc32)c2ccccc21.[Cl][Ti][Cl]. The van der Waals surface area contributed by atoms with Gasteiger partial charge in [0, 0.05) is 11.8 Å². The van der Waals surface area contributed by atoms with Gasteiger partial charge in [-0.2, -0.15) is 0 Å². The molecule has 0 saturated heterocycles. The fourth-order valence-corrected chi connectivity index (χ4v) is 3.51. The van der Waals surface area contributed by atoms with Crippen molar-refractivity contribution in [1.82, 2.24) is 0 Å². The van der Waals surface area contributed by atoms with E-state index in [0.29, 0.717) is 11.8 Å². The molecule has 0 bridgehead atoms. The summed E-state index contributed by atoms with van der Waals surface area (Å²) in [5.74, 6) is 1.21. The number of halogens is 2. The summed E-state index contributed by atoms with van der Waals surface area (Å²) in [6.07, 6.45) is 11.8. The fourth-order valence-electron chi connectivity index (χ4n) is 3.51. The summed E-state index contributed by atoms with van der Waals surface area (Å²) < 4.78 is 0. The van der Waals surface area contributed by atoms with Gasteiger partial charge in [0.15, 0.2) is 0 Å². The van der Waals surface area contributed by atoms with Crippen LogP contribution in [0.2, 0.25) is 0 Å². The van der Waals surface area contributed by atoms with Gasteiger partial charge in [0.25, 0.3) is 0 Å². The Morgan fingerprint density at radius 3 is 1.52 bits per heavy atom. The average molecular weight is 377 g/mol. The Balaban J connectivity index is 0.000000485. The van der Waals surface area contributed by atoms with Crippen LogP contribution in [0.15, 0.2) is 60.7 Å². The zero-order valence-electron chi connectivity index (χ0n) is 12.8. The van der Waals surface area contributed by atoms with Crippen molar-refractivity contribution < 1.29 is 17.0 Å². The topological polar surface area (TPSA) is 0 Å². The minimum atomic E-state index is -0.556. The van der Waals surface area contributed by atoms with Gasteiger partial charge in [-0.15, -0.1) is 0 Å². The predicted molar refractivity (Wildman–Crippen MR) is 97.4 cm³/mol. The molecule has 3 heteroatoms. The van der Waals surface area contributed by atoms with Gasteiger partial charge in [-0.1, -0.05) is 72.8 Å². The van der Waals surface area contributed by atoms with Gasteiger partial charge < -0.3 is 0 Å². The summed E-state index contributed by atoms with van der Waals surface area (Å²) in [6, 6.07) is 17.6. The van der Waals surface area contributed by atoms with Crippen molar-refractivity contribution in [2.75, 3.05) is 0 Å². The van der Waals surface area contributed by atoms with Crippen LogP contribution in [0.4, 0.5) is 0 Å². The number of hydrogen-bond acceptors (Lipinski definition) is 0. The molecule has 116 valence electrons. The first-order valence-electron chi connectivity index (χ1n) is 7.84. The van der Waals surface area contributed by atoms with Crippen LogP contribution in [0.5, 0.6) is 0 Å². The molecule has 0 saturated carbocycles. The van der Waals surface area contributed by atoms with E-state index in [9.17, 15) is 0 Å². The van der Waals surface area contributed by atoms with E-state index in [1.54, 1.807) is 0 Å². The van der Waals surface area contributed by atoms with Crippen molar-refractivity contribution in [2.45, 2.75) is 24.7 Å². The third kappa shape index (κ3) is 4.01. The summed E-state index contributed by atoms with van der Waals surface area (Å²) in [4.78, 5) is 0. The second-order valence-electron chi connectivity index (χ2n) is 5.84. The number of benzene rings is 2. The normalized spacial score (nSPS) is 19.7. The number of allylic oxidation sites excluding steroid dienone is 2. The molecule has 23 heavy (non-hydrogen) atoms. The molecule has 2 unspecified atom stereocenters. The molecule has 2 aromatic rings. The maximum atomic E-state index is 4.89. The molecule has 0 amide bonds. The first kappa shape index (κ1) is 17.1. The monoisotopic (exact) mass is 376 g/mol. The Labute approximate surface area is 154 Å². The number of hydrogen-bond donors (Lipinski definition) is 0. The van der Waals surface area contributed by atoms with Gasteiger partial charge in [0.2, 0.25) is 0 Å². The molecule has 2 atom stereocenters. The molecule has 0 nitrogen and oxygen atoms in total. The van der Waals surface area contributed by atoms with Crippen LogP contribution in [0, 0.1) is 0 Å². The summed E-state index contributed by atoms with van der Waals surface area (Å²) >= 11 is -0.556. The Morgan fingerprint density at radius 1 is 0.696 bits per heavy atom. The average Bonchev–Trinajstić information content (AvgIpc) is 3.18. The summed E-state index contributed by atoms with van der Waals surface area (Å²) in [5, 5.41) is 0. The van der Waals surface area contributed by atoms with Crippen molar-refractivity contribution in [3.8, 4) is 0 Å². The van der Waals surface area contributed by atoms with Crippen LogP contribution < -0.4 is 0 Å². The summed E-state index contributed by atoms with van der Waals surface area (Å²) in [6.45, 7) is 0. The molecule has 2 aliphatic carbocycles. The van der Waals surface area contributed by atoms with Crippen LogP contribution >= 0.6 is 18.6 Å². The number of fused-ring (bicyclic) bond motifs is 2. The third-order valence-corrected chi connectivity index (χ3v) is 4.60. The molecular formula is C20H18Cl2Ti. The van der Waals surface area contributed by atoms with Crippen molar-refractivity contribution in [3.63, 3.8) is 0 Å². The van der Waals surface area contributed by atoms with Crippen LogP contribution in [0.1, 0.15) is 46.9 Å². The molecule has 0 N–H and O–H groups in total. The van der Waals surface area contributed by atoms with Gasteiger partial charge >= 0.3 is 35.6 Å². The van der Waals surface area contributed by atoms with E-state index in [0.717, 1.165) is 0 Å². The molecule has 0 heterocycles. The molecular weight excluding hydrogens is 359 g/mol. The van der Waals surface area contributed by atoms with Crippen molar-refractivity contribution in [3.05, 3.63) is 82.9 Å². The predicted octanol–water partition coefficient (Wildman–Crippen LogP) is 6.76. The van der Waals surface area contributed by atoms with E-state index in [-0.39, 0.29) is 0 Å². The Kier molecular flexibility index (Phi) is 6.19. The molecule has 2 aliphatic rings. The minimum absolute atomic E-state index is 0.556. The van der Waals surface area contributed by atoms with E-state index in [4.69, 9.17) is 18.6 Å². The second kappa shape index (κ2) is 8.35. The van der Waals surface area contributed by atoms with Gasteiger partial charge in [0.05, 0.1) is 0 Å². The standard InChI is InChI=1S/C20H18.2ClH.Ti/c1-3-7-19-15(5-1)9-11-17(19)13-14-18-12-10-16-6-2-4-8-20(16)18;;;/h1-12,17-18H,13-14H2;2*1H;/q;;;+2/p-2. The fraction of sp³-hybridized carbons (Fsp3) is 0.200. The van der Waals surface area contributed by atoms with Crippen LogP contribution in [-0.4, -0.2) is 0 Å². The first-order valence-corrected chi connectivity index (χ1v) is 12.1. The van der Waals surface area contributed by atoms with Crippen LogP contribution in [-0.2, 0) is 17.0 Å². The van der Waals surface area contributed by atoms with Gasteiger partial charge in [-0.3, -0.25) is 0 Å². The van der Waals surface area contributed by atoms with Crippen molar-refractivity contribution >= 4 is 30.8 Å². The van der Waals surface area contributed by atoms with Gasteiger partial charge in [-0.05, 0) is 35.1 Å². The molecule has 0 spiro atoms. The molecule has 0 aliphatic heterocycles. The zero-order valence-corrected chi connectivity index (χ0v) is 15.8. The molecule has 0 aromatic heterocycles. The number of rotatable bonds is 3. The first-order chi connectivity index (χ1) is 11.3. The Bertz CT molecular complexity index is 660. The van der Waals surface area contributed by atoms with Crippen LogP contribution in [0.3, 0.4) is 0 Å². The van der Waals surface area contributed by atoms with Gasteiger partial charge in [-0.25, -0.2) is 0 Å². The molecule has 0 fully saturated rings. The summed E-state index contributed by atoms with van der Waals surface area (Å²) in [7, 11) is 9.78. The second-order valence-corrected chi connectivity index (χ2v) is 8.42. The Hall–Kier alpha value is -0.786. The van der Waals surface area contributed by atoms with E-state index in [1.807, 2.05) is 0 Å². The van der Waals surface area contributed by atoms with E-state index in [2.05, 4.69) is 72.8 Å². The van der Waals surface area contributed by atoms with E-state index < -0.39 is 17.0 Å². The molecule has 2 aromatic carbocycles. The van der Waals surface area contributed by atoms with E-state index in [1.165, 1.54) is 35.1 Å². The van der Waals surface area contributed by atoms with Crippen LogP contribution in [0.25, 0.3) is 12.2 Å². The van der Waals surface area contributed by atoms with Gasteiger partial charge in [0.1, 0.15) is 0 Å².